The molecule has 3 aliphatic rings. The summed E-state index contributed by atoms with van der Waals surface area (Å²) in [4.78, 5) is 11.5. The molecule has 0 aromatic heterocycles. The number of esters is 1. The van der Waals surface area contributed by atoms with Crippen molar-refractivity contribution < 1.29 is 19.0 Å². The van der Waals surface area contributed by atoms with Crippen molar-refractivity contribution in [1.82, 2.24) is 0 Å². The van der Waals surface area contributed by atoms with Crippen LogP contribution in [-0.2, 0) is 19.0 Å². The second-order valence-electron chi connectivity index (χ2n) is 7.79. The van der Waals surface area contributed by atoms with E-state index in [0.717, 1.165) is 6.42 Å². The fraction of sp³-hybridized carbons (Fsp3) is 0.722. The van der Waals surface area contributed by atoms with Gasteiger partial charge in [0.2, 0.25) is 0 Å². The van der Waals surface area contributed by atoms with E-state index in [1.54, 1.807) is 0 Å². The number of hydrogen-bond acceptors (Lipinski definition) is 4. The smallest absolute Gasteiger partial charge is 0.306 e. The third kappa shape index (κ3) is 2.63. The number of cyclic esters (lactones) is 1. The summed E-state index contributed by atoms with van der Waals surface area (Å²) >= 11 is 0. The highest BCUT2D eigenvalue weighted by molar-refractivity contribution is 5.72. The first-order valence-corrected chi connectivity index (χ1v) is 8.06. The van der Waals surface area contributed by atoms with Crippen molar-refractivity contribution in [2.24, 2.45) is 17.3 Å². The largest absolute Gasteiger partial charge is 0.465 e. The topological polar surface area (TPSA) is 44.8 Å². The molecule has 122 valence electrons. The predicted molar refractivity (Wildman–Crippen MR) is 83.1 cm³/mol. The third-order valence-corrected chi connectivity index (χ3v) is 5.12. The Balaban J connectivity index is 2.06. The maximum atomic E-state index is 11.5. The van der Waals surface area contributed by atoms with Crippen LogP contribution in [0.25, 0.3) is 0 Å². The van der Waals surface area contributed by atoms with Gasteiger partial charge in [-0.05, 0) is 36.8 Å². The number of rotatable bonds is 2. The first-order chi connectivity index (χ1) is 10.2. The normalized spacial score (nSPS) is 36.7. The molecule has 1 aliphatic carbocycles. The molecule has 3 atom stereocenters. The fourth-order valence-electron chi connectivity index (χ4n) is 3.98. The Bertz CT molecular complexity index is 529. The molecule has 0 N–H and O–H groups in total. The monoisotopic (exact) mass is 306 g/mol. The number of allylic oxidation sites excluding steroid dienone is 1. The minimum atomic E-state index is -0.630. The average molecular weight is 306 g/mol. The molecule has 0 aromatic rings. The number of ether oxygens (including phenoxy) is 3. The van der Waals surface area contributed by atoms with Crippen LogP contribution in [0.15, 0.2) is 23.8 Å². The number of carbonyl (C=O) groups is 1. The molecule has 2 aliphatic heterocycles. The van der Waals surface area contributed by atoms with Gasteiger partial charge in [-0.2, -0.15) is 0 Å². The number of hydrogen-bond donors (Lipinski definition) is 0. The minimum Gasteiger partial charge on any atom is -0.465 e. The summed E-state index contributed by atoms with van der Waals surface area (Å²) in [6.45, 7) is 13.4. The highest BCUT2D eigenvalue weighted by Gasteiger charge is 2.50. The van der Waals surface area contributed by atoms with Gasteiger partial charge in [-0.1, -0.05) is 19.9 Å². The van der Waals surface area contributed by atoms with Gasteiger partial charge in [0, 0.05) is 11.8 Å². The molecule has 2 heterocycles. The van der Waals surface area contributed by atoms with Gasteiger partial charge in [-0.15, -0.1) is 6.58 Å². The molecule has 0 spiro atoms. The van der Waals surface area contributed by atoms with E-state index in [-0.39, 0.29) is 29.3 Å². The van der Waals surface area contributed by atoms with Crippen LogP contribution in [0, 0.1) is 17.3 Å². The van der Waals surface area contributed by atoms with Crippen molar-refractivity contribution in [1.29, 1.82) is 0 Å². The van der Waals surface area contributed by atoms with E-state index < -0.39 is 5.79 Å². The van der Waals surface area contributed by atoms with Crippen LogP contribution < -0.4 is 0 Å². The van der Waals surface area contributed by atoms with Gasteiger partial charge >= 0.3 is 5.97 Å². The van der Waals surface area contributed by atoms with E-state index in [4.69, 9.17) is 14.2 Å². The van der Waals surface area contributed by atoms with Gasteiger partial charge < -0.3 is 14.2 Å². The maximum Gasteiger partial charge on any atom is 0.306 e. The van der Waals surface area contributed by atoms with Crippen LogP contribution in [0.2, 0.25) is 0 Å². The van der Waals surface area contributed by atoms with Gasteiger partial charge in [0.15, 0.2) is 5.79 Å². The lowest BCUT2D eigenvalue weighted by molar-refractivity contribution is -0.233. The summed E-state index contributed by atoms with van der Waals surface area (Å²) in [7, 11) is 0. The predicted octanol–water partition coefficient (Wildman–Crippen LogP) is 3.23. The lowest BCUT2D eigenvalue weighted by Gasteiger charge is -2.33. The molecule has 4 nitrogen and oxygen atoms in total. The van der Waals surface area contributed by atoms with E-state index in [1.165, 1.54) is 11.1 Å². The SMILES string of the molecule is C=C[C@@H]1CC(C)(C)[C@@H]2OC(C)(C)OCC([C@H]3COC(=O)C3)=C12. The maximum absolute atomic E-state index is 11.5. The van der Waals surface area contributed by atoms with Gasteiger partial charge in [0.25, 0.3) is 0 Å². The van der Waals surface area contributed by atoms with Crippen molar-refractivity contribution in [2.45, 2.75) is 52.4 Å². The molecule has 0 radical (unpaired) electrons. The molecule has 22 heavy (non-hydrogen) atoms. The first-order valence-electron chi connectivity index (χ1n) is 8.06. The van der Waals surface area contributed by atoms with Crippen molar-refractivity contribution in [3.05, 3.63) is 23.8 Å². The van der Waals surface area contributed by atoms with Crippen molar-refractivity contribution in [2.75, 3.05) is 13.2 Å². The summed E-state index contributed by atoms with van der Waals surface area (Å²) < 4.78 is 17.5. The Morgan fingerprint density at radius 1 is 1.27 bits per heavy atom. The molecule has 3 rings (SSSR count). The van der Waals surface area contributed by atoms with Crippen LogP contribution in [0.1, 0.15) is 40.5 Å². The summed E-state index contributed by atoms with van der Waals surface area (Å²) in [5, 5.41) is 0. The molecule has 0 bridgehead atoms. The number of carbonyl (C=O) groups excluding carboxylic acids is 1. The van der Waals surface area contributed by atoms with Crippen LogP contribution in [0.3, 0.4) is 0 Å². The zero-order valence-electron chi connectivity index (χ0n) is 14.0. The lowest BCUT2D eigenvalue weighted by Crippen LogP contribution is -2.37. The summed E-state index contributed by atoms with van der Waals surface area (Å²) in [5.74, 6) is -0.359. The van der Waals surface area contributed by atoms with Crippen LogP contribution in [0.4, 0.5) is 0 Å². The molecule has 0 unspecified atom stereocenters. The molecule has 4 heteroatoms. The number of fused-ring (bicyclic) bond motifs is 1. The molecule has 1 saturated carbocycles. The fourth-order valence-corrected chi connectivity index (χ4v) is 3.98. The summed E-state index contributed by atoms with van der Waals surface area (Å²) in [6.07, 6.45) is 3.46. The Morgan fingerprint density at radius 3 is 2.59 bits per heavy atom. The van der Waals surface area contributed by atoms with Gasteiger partial charge in [0.1, 0.15) is 0 Å². The van der Waals surface area contributed by atoms with Gasteiger partial charge in [0.05, 0.1) is 25.7 Å². The average Bonchev–Trinajstić information content (AvgIpc) is 2.89. The zero-order valence-corrected chi connectivity index (χ0v) is 14.0. The quantitative estimate of drug-likeness (QED) is 0.580. The Labute approximate surface area is 132 Å². The lowest BCUT2D eigenvalue weighted by atomic mass is 9.85. The standard InChI is InChI=1S/C18H26O4/c1-6-11-8-17(2,3)16-15(11)13(10-21-18(4,5)22-16)12-7-14(19)20-9-12/h6,11-12,16H,1,7-10H2,2-5H3/t11-,12-,16-/m1/s1. The molecule has 0 aromatic carbocycles. The van der Waals surface area contributed by atoms with E-state index in [0.29, 0.717) is 19.6 Å². The third-order valence-electron chi connectivity index (χ3n) is 5.12. The Morgan fingerprint density at radius 2 is 2.00 bits per heavy atom. The van der Waals surface area contributed by atoms with Crippen LogP contribution >= 0.6 is 0 Å². The van der Waals surface area contributed by atoms with Crippen molar-refractivity contribution in [3.8, 4) is 0 Å². The van der Waals surface area contributed by atoms with Crippen molar-refractivity contribution in [3.63, 3.8) is 0 Å². The molecule has 1 saturated heterocycles. The van der Waals surface area contributed by atoms with Gasteiger partial charge in [-0.3, -0.25) is 4.79 Å². The van der Waals surface area contributed by atoms with E-state index in [2.05, 4.69) is 20.4 Å². The second-order valence-corrected chi connectivity index (χ2v) is 7.79. The molecule has 0 amide bonds. The highest BCUT2D eigenvalue weighted by atomic mass is 16.7. The molecule has 2 fully saturated rings. The minimum absolute atomic E-state index is 0.00120. The highest BCUT2D eigenvalue weighted by Crippen LogP contribution is 2.52. The van der Waals surface area contributed by atoms with E-state index >= 15 is 0 Å². The van der Waals surface area contributed by atoms with E-state index in [1.807, 2.05) is 19.9 Å². The van der Waals surface area contributed by atoms with Gasteiger partial charge in [-0.25, -0.2) is 0 Å². The zero-order chi connectivity index (χ0) is 16.1. The van der Waals surface area contributed by atoms with E-state index in [9.17, 15) is 4.79 Å². The first kappa shape index (κ1) is 15.8. The summed E-state index contributed by atoms with van der Waals surface area (Å²) in [5.41, 5.74) is 2.49. The van der Waals surface area contributed by atoms with Crippen LogP contribution in [0.5, 0.6) is 0 Å². The molecular formula is C18H26O4. The Kier molecular flexibility index (Phi) is 3.73. The molecular weight excluding hydrogens is 280 g/mol. The van der Waals surface area contributed by atoms with Crippen molar-refractivity contribution >= 4 is 5.97 Å². The summed E-state index contributed by atoms with van der Waals surface area (Å²) in [6, 6.07) is 0. The van der Waals surface area contributed by atoms with Crippen LogP contribution in [-0.4, -0.2) is 31.1 Å². The second kappa shape index (κ2) is 5.20. The Hall–Kier alpha value is -1.13.